The normalized spacial score (nSPS) is 22.1. The van der Waals surface area contributed by atoms with Crippen molar-refractivity contribution in [2.45, 2.75) is 19.0 Å². The van der Waals surface area contributed by atoms with Gasteiger partial charge in [0.15, 0.2) is 5.65 Å². The van der Waals surface area contributed by atoms with Crippen LogP contribution in [0.2, 0.25) is 0 Å². The first-order valence-electron chi connectivity index (χ1n) is 9.00. The quantitative estimate of drug-likeness (QED) is 0.772. The van der Waals surface area contributed by atoms with E-state index in [0.717, 1.165) is 42.8 Å². The first kappa shape index (κ1) is 15.5. The van der Waals surface area contributed by atoms with Crippen LogP contribution >= 0.6 is 0 Å². The molecule has 3 aromatic rings. The second kappa shape index (κ2) is 6.17. The summed E-state index contributed by atoms with van der Waals surface area (Å²) < 4.78 is 1.98. The van der Waals surface area contributed by atoms with Gasteiger partial charge >= 0.3 is 0 Å². The van der Waals surface area contributed by atoms with E-state index in [4.69, 9.17) is 0 Å². The number of imidazole rings is 1. The smallest absolute Gasteiger partial charge is 0.255 e. The Labute approximate surface area is 151 Å². The summed E-state index contributed by atoms with van der Waals surface area (Å²) in [6.45, 7) is 3.35. The number of carbonyl (C=O) groups excluding carboxylic acids is 1. The van der Waals surface area contributed by atoms with Crippen molar-refractivity contribution in [3.8, 4) is 0 Å². The second-order valence-corrected chi connectivity index (χ2v) is 7.12. The zero-order valence-electron chi connectivity index (χ0n) is 14.4. The molecule has 5 heterocycles. The van der Waals surface area contributed by atoms with Crippen molar-refractivity contribution in [3.63, 3.8) is 0 Å². The molecule has 2 saturated heterocycles. The number of pyridine rings is 2. The molecule has 2 aliphatic rings. The second-order valence-electron chi connectivity index (χ2n) is 7.12. The molecule has 3 aromatic heterocycles. The summed E-state index contributed by atoms with van der Waals surface area (Å²) >= 11 is 0. The molecule has 7 nitrogen and oxygen atoms in total. The third-order valence-electron chi connectivity index (χ3n) is 5.43. The Morgan fingerprint density at radius 3 is 3.08 bits per heavy atom. The molecule has 7 heteroatoms. The summed E-state index contributed by atoms with van der Waals surface area (Å²) in [7, 11) is 0. The van der Waals surface area contributed by atoms with Gasteiger partial charge in [0.25, 0.3) is 5.91 Å². The zero-order valence-corrected chi connectivity index (χ0v) is 14.4. The van der Waals surface area contributed by atoms with E-state index in [-0.39, 0.29) is 5.91 Å². The highest BCUT2D eigenvalue weighted by Gasteiger charge is 2.38. The number of carbonyl (C=O) groups is 1. The number of fused-ring (bicyclic) bond motifs is 2. The Morgan fingerprint density at radius 2 is 2.23 bits per heavy atom. The topological polar surface area (TPSA) is 75.9 Å². The third-order valence-corrected chi connectivity index (χ3v) is 5.43. The van der Waals surface area contributed by atoms with Crippen LogP contribution in [0.25, 0.3) is 11.2 Å². The monoisotopic (exact) mass is 348 g/mol. The van der Waals surface area contributed by atoms with E-state index in [1.165, 1.54) is 0 Å². The lowest BCUT2D eigenvalue weighted by Gasteiger charge is -2.17. The van der Waals surface area contributed by atoms with Gasteiger partial charge in [-0.1, -0.05) is 6.07 Å². The van der Waals surface area contributed by atoms with Crippen molar-refractivity contribution < 1.29 is 4.79 Å². The van der Waals surface area contributed by atoms with Gasteiger partial charge in [-0.2, -0.15) is 0 Å². The summed E-state index contributed by atoms with van der Waals surface area (Å²) in [6.07, 6.45) is 8.19. The largest absolute Gasteiger partial charge is 0.337 e. The van der Waals surface area contributed by atoms with Gasteiger partial charge in [-0.05, 0) is 36.6 Å². The summed E-state index contributed by atoms with van der Waals surface area (Å²) in [5.41, 5.74) is 3.23. The van der Waals surface area contributed by atoms with Crippen molar-refractivity contribution in [1.29, 1.82) is 0 Å². The van der Waals surface area contributed by atoms with E-state index in [2.05, 4.69) is 20.3 Å². The molecular weight excluding hydrogens is 328 g/mol. The van der Waals surface area contributed by atoms with E-state index in [1.807, 2.05) is 33.9 Å². The van der Waals surface area contributed by atoms with Gasteiger partial charge in [-0.25, -0.2) is 9.97 Å². The van der Waals surface area contributed by atoms with E-state index in [9.17, 15) is 4.79 Å². The number of likely N-dealkylation sites (tertiary alicyclic amines) is 1. The van der Waals surface area contributed by atoms with Crippen LogP contribution < -0.4 is 5.32 Å². The molecule has 0 spiro atoms. The van der Waals surface area contributed by atoms with Crippen LogP contribution in [-0.4, -0.2) is 56.0 Å². The molecule has 0 bridgehead atoms. The third kappa shape index (κ3) is 2.64. The molecule has 0 aliphatic carbocycles. The summed E-state index contributed by atoms with van der Waals surface area (Å²) in [6, 6.07) is 6.24. The van der Waals surface area contributed by atoms with Gasteiger partial charge in [0, 0.05) is 37.7 Å². The molecule has 0 saturated carbocycles. The molecule has 5 rings (SSSR count). The highest BCUT2D eigenvalue weighted by atomic mass is 16.2. The Hall–Kier alpha value is -2.80. The fourth-order valence-corrected chi connectivity index (χ4v) is 4.07. The van der Waals surface area contributed by atoms with E-state index in [0.29, 0.717) is 24.1 Å². The first-order valence-corrected chi connectivity index (χ1v) is 9.00. The van der Waals surface area contributed by atoms with Crippen LogP contribution in [0.1, 0.15) is 22.3 Å². The van der Waals surface area contributed by atoms with Gasteiger partial charge in [-0.15, -0.1) is 0 Å². The van der Waals surface area contributed by atoms with Crippen LogP contribution in [0, 0.1) is 5.92 Å². The Morgan fingerprint density at radius 1 is 1.27 bits per heavy atom. The average molecular weight is 348 g/mol. The molecule has 0 unspecified atom stereocenters. The number of aromatic nitrogens is 4. The van der Waals surface area contributed by atoms with Crippen LogP contribution in [0.3, 0.4) is 0 Å². The predicted octanol–water partition coefficient (Wildman–Crippen LogP) is 1.31. The van der Waals surface area contributed by atoms with Crippen molar-refractivity contribution in [1.82, 2.24) is 29.7 Å². The highest BCUT2D eigenvalue weighted by Crippen LogP contribution is 2.26. The van der Waals surface area contributed by atoms with Crippen molar-refractivity contribution >= 4 is 17.1 Å². The number of nitrogens with zero attached hydrogens (tertiary/aromatic N) is 5. The van der Waals surface area contributed by atoms with Gasteiger partial charge in [-0.3, -0.25) is 9.78 Å². The van der Waals surface area contributed by atoms with Crippen molar-refractivity contribution in [2.24, 2.45) is 5.92 Å². The van der Waals surface area contributed by atoms with Crippen LogP contribution in [-0.2, 0) is 6.54 Å². The molecule has 0 radical (unpaired) electrons. The SMILES string of the molecule is O=C(c1cnc2c(c1)ncn2Cc1cccnc1)N1C[C@@H]2CCN[C@@H]2C1. The van der Waals surface area contributed by atoms with Gasteiger partial charge < -0.3 is 14.8 Å². The van der Waals surface area contributed by atoms with Gasteiger partial charge in [0.2, 0.25) is 0 Å². The molecule has 1 amide bonds. The lowest BCUT2D eigenvalue weighted by atomic mass is 10.1. The van der Waals surface area contributed by atoms with E-state index < -0.39 is 0 Å². The molecule has 2 atom stereocenters. The fraction of sp³-hybridized carbons (Fsp3) is 0.368. The maximum atomic E-state index is 12.8. The van der Waals surface area contributed by atoms with Gasteiger partial charge in [0.1, 0.15) is 5.52 Å². The minimum atomic E-state index is 0.0532. The molecule has 2 aliphatic heterocycles. The van der Waals surface area contributed by atoms with Crippen LogP contribution in [0.4, 0.5) is 0 Å². The summed E-state index contributed by atoms with van der Waals surface area (Å²) in [5, 5.41) is 3.48. The number of hydrogen-bond donors (Lipinski definition) is 1. The Kier molecular flexibility index (Phi) is 3.67. The maximum absolute atomic E-state index is 12.8. The Balaban J connectivity index is 1.38. The molecule has 1 N–H and O–H groups in total. The summed E-state index contributed by atoms with van der Waals surface area (Å²) in [4.78, 5) is 27.9. The van der Waals surface area contributed by atoms with Gasteiger partial charge in [0.05, 0.1) is 18.4 Å². The lowest BCUT2D eigenvalue weighted by molar-refractivity contribution is 0.0782. The van der Waals surface area contributed by atoms with E-state index in [1.54, 1.807) is 18.7 Å². The summed E-state index contributed by atoms with van der Waals surface area (Å²) in [5.74, 6) is 0.645. The lowest BCUT2D eigenvalue weighted by Crippen LogP contribution is -2.34. The molecular formula is C19H20N6O. The fourth-order valence-electron chi connectivity index (χ4n) is 4.07. The number of rotatable bonds is 3. The van der Waals surface area contributed by atoms with Crippen molar-refractivity contribution in [2.75, 3.05) is 19.6 Å². The molecule has 2 fully saturated rings. The van der Waals surface area contributed by atoms with Crippen LogP contribution in [0.15, 0.2) is 43.1 Å². The minimum Gasteiger partial charge on any atom is -0.337 e. The van der Waals surface area contributed by atoms with E-state index >= 15 is 0 Å². The molecule has 132 valence electrons. The number of hydrogen-bond acceptors (Lipinski definition) is 5. The van der Waals surface area contributed by atoms with Crippen molar-refractivity contribution in [3.05, 3.63) is 54.2 Å². The highest BCUT2D eigenvalue weighted by molar-refractivity contribution is 5.96. The van der Waals surface area contributed by atoms with Crippen LogP contribution in [0.5, 0.6) is 0 Å². The average Bonchev–Trinajstić information content (AvgIpc) is 3.36. The maximum Gasteiger partial charge on any atom is 0.255 e. The minimum absolute atomic E-state index is 0.0532. The predicted molar refractivity (Wildman–Crippen MR) is 96.7 cm³/mol. The number of nitrogens with one attached hydrogen (secondary N) is 1. The molecule has 26 heavy (non-hydrogen) atoms. The molecule has 0 aromatic carbocycles. The Bertz CT molecular complexity index is 941. The number of amides is 1. The first-order chi connectivity index (χ1) is 12.8. The standard InChI is InChI=1S/C19H20N6O/c26-19(24-10-14-3-5-21-17(14)11-24)15-6-16-18(22-8-15)25(12-23-16)9-13-2-1-4-20-7-13/h1-2,4,6-8,12,14,17,21H,3,5,9-11H2/t14-,17+/m0/s1. The zero-order chi connectivity index (χ0) is 17.5.